The Balaban J connectivity index is 1.47. The number of aromatic nitrogens is 5. The number of para-hydroxylation sites is 2. The van der Waals surface area contributed by atoms with Crippen LogP contribution in [0, 0.1) is 13.8 Å². The molecule has 5 aromatic rings. The summed E-state index contributed by atoms with van der Waals surface area (Å²) in [5, 5.41) is 7.61. The number of aryl methyl sites for hydroxylation is 3. The highest BCUT2D eigenvalue weighted by Gasteiger charge is 2.23. The molecule has 0 aliphatic heterocycles. The van der Waals surface area contributed by atoms with E-state index in [1.807, 2.05) is 86.1 Å². The summed E-state index contributed by atoms with van der Waals surface area (Å²) in [4.78, 5) is 22.5. The van der Waals surface area contributed by atoms with Crippen LogP contribution in [0.2, 0.25) is 0 Å². The Kier molecular flexibility index (Phi) is 5.22. The first kappa shape index (κ1) is 20.6. The zero-order valence-corrected chi connectivity index (χ0v) is 18.7. The molecule has 0 aliphatic carbocycles. The first-order valence-corrected chi connectivity index (χ1v) is 10.8. The standard InChI is InChI=1S/C26H24N6O/c1-17-15-18(2)32(30-17)23-14-13-20(16-27-23)26(33)29-24(19-9-5-4-6-10-19)25-28-21-11-7-8-12-22(21)31(25)3/h4-16,24H,1-3H3,(H,29,33). The van der Waals surface area contributed by atoms with E-state index in [0.29, 0.717) is 11.4 Å². The predicted octanol–water partition coefficient (Wildman–Crippen LogP) is 4.29. The van der Waals surface area contributed by atoms with Crippen LogP contribution >= 0.6 is 0 Å². The molecule has 1 amide bonds. The van der Waals surface area contributed by atoms with E-state index in [-0.39, 0.29) is 5.91 Å². The Bertz CT molecular complexity index is 1430. The van der Waals surface area contributed by atoms with Crippen LogP contribution < -0.4 is 5.32 Å². The molecule has 7 nitrogen and oxygen atoms in total. The Morgan fingerprint density at radius 1 is 0.970 bits per heavy atom. The van der Waals surface area contributed by atoms with Crippen molar-refractivity contribution in [2.75, 3.05) is 0 Å². The van der Waals surface area contributed by atoms with Crippen molar-refractivity contribution < 1.29 is 4.79 Å². The van der Waals surface area contributed by atoms with Gasteiger partial charge in [0.15, 0.2) is 5.82 Å². The second-order valence-electron chi connectivity index (χ2n) is 8.08. The summed E-state index contributed by atoms with van der Waals surface area (Å²) < 4.78 is 3.79. The molecule has 0 spiro atoms. The lowest BCUT2D eigenvalue weighted by Crippen LogP contribution is -2.31. The number of pyridine rings is 1. The van der Waals surface area contributed by atoms with E-state index in [4.69, 9.17) is 4.98 Å². The van der Waals surface area contributed by atoms with Gasteiger partial charge in [0.25, 0.3) is 5.91 Å². The maximum Gasteiger partial charge on any atom is 0.253 e. The van der Waals surface area contributed by atoms with Crippen molar-refractivity contribution in [3.63, 3.8) is 0 Å². The van der Waals surface area contributed by atoms with E-state index in [2.05, 4.69) is 15.4 Å². The van der Waals surface area contributed by atoms with Crippen LogP contribution in [-0.2, 0) is 7.05 Å². The average Bonchev–Trinajstić information content (AvgIpc) is 3.36. The van der Waals surface area contributed by atoms with E-state index in [1.54, 1.807) is 23.0 Å². The summed E-state index contributed by atoms with van der Waals surface area (Å²) >= 11 is 0. The highest BCUT2D eigenvalue weighted by Crippen LogP contribution is 2.25. The van der Waals surface area contributed by atoms with Gasteiger partial charge in [0.05, 0.1) is 22.3 Å². The number of nitrogens with zero attached hydrogens (tertiary/aromatic N) is 5. The number of benzene rings is 2. The number of fused-ring (bicyclic) bond motifs is 1. The maximum absolute atomic E-state index is 13.2. The molecule has 1 atom stereocenters. The number of amides is 1. The van der Waals surface area contributed by atoms with Crippen molar-refractivity contribution in [1.29, 1.82) is 0 Å². The van der Waals surface area contributed by atoms with Gasteiger partial charge in [-0.15, -0.1) is 0 Å². The van der Waals surface area contributed by atoms with Gasteiger partial charge in [-0.3, -0.25) is 4.79 Å². The second kappa shape index (κ2) is 8.35. The number of nitrogens with one attached hydrogen (secondary N) is 1. The number of carbonyl (C=O) groups is 1. The van der Waals surface area contributed by atoms with E-state index in [9.17, 15) is 4.79 Å². The van der Waals surface area contributed by atoms with E-state index >= 15 is 0 Å². The number of hydrogen-bond donors (Lipinski definition) is 1. The van der Waals surface area contributed by atoms with Gasteiger partial charge >= 0.3 is 0 Å². The summed E-state index contributed by atoms with van der Waals surface area (Å²) in [5.74, 6) is 1.22. The molecule has 7 heteroatoms. The fraction of sp³-hybridized carbons (Fsp3) is 0.154. The van der Waals surface area contributed by atoms with Crippen molar-refractivity contribution in [3.8, 4) is 5.82 Å². The molecule has 0 saturated heterocycles. The van der Waals surface area contributed by atoms with Gasteiger partial charge in [-0.05, 0) is 49.7 Å². The molecule has 0 saturated carbocycles. The van der Waals surface area contributed by atoms with Gasteiger partial charge in [0, 0.05) is 18.9 Å². The highest BCUT2D eigenvalue weighted by molar-refractivity contribution is 5.94. The number of hydrogen-bond acceptors (Lipinski definition) is 4. The number of imidazole rings is 1. The van der Waals surface area contributed by atoms with Gasteiger partial charge in [-0.25, -0.2) is 14.6 Å². The second-order valence-corrected chi connectivity index (χ2v) is 8.08. The van der Waals surface area contributed by atoms with Gasteiger partial charge in [0.1, 0.15) is 11.9 Å². The van der Waals surface area contributed by atoms with Crippen LogP contribution in [-0.4, -0.2) is 30.2 Å². The minimum absolute atomic E-state index is 0.219. The fourth-order valence-corrected chi connectivity index (χ4v) is 4.09. The Morgan fingerprint density at radius 3 is 2.39 bits per heavy atom. The van der Waals surface area contributed by atoms with E-state index in [1.165, 1.54) is 0 Å². The number of carbonyl (C=O) groups excluding carboxylic acids is 1. The maximum atomic E-state index is 13.2. The predicted molar refractivity (Wildman–Crippen MR) is 127 cm³/mol. The molecule has 0 bridgehead atoms. The third-order valence-electron chi connectivity index (χ3n) is 5.72. The molecule has 1 unspecified atom stereocenters. The minimum Gasteiger partial charge on any atom is -0.338 e. The Labute approximate surface area is 191 Å². The fourth-order valence-electron chi connectivity index (χ4n) is 4.09. The van der Waals surface area contributed by atoms with Crippen LogP contribution in [0.1, 0.15) is 39.2 Å². The summed E-state index contributed by atoms with van der Waals surface area (Å²) in [6.07, 6.45) is 1.58. The van der Waals surface area contributed by atoms with Crippen molar-refractivity contribution in [3.05, 3.63) is 107 Å². The molecule has 1 N–H and O–H groups in total. The molecular formula is C26H24N6O. The van der Waals surface area contributed by atoms with Crippen LogP contribution in [0.15, 0.2) is 79.0 Å². The minimum atomic E-state index is -0.410. The van der Waals surface area contributed by atoms with Gasteiger partial charge in [0.2, 0.25) is 0 Å². The van der Waals surface area contributed by atoms with Crippen molar-refractivity contribution in [1.82, 2.24) is 29.6 Å². The first-order valence-electron chi connectivity index (χ1n) is 10.8. The Hall–Kier alpha value is -4.26. The zero-order chi connectivity index (χ0) is 22.9. The molecule has 5 rings (SSSR count). The summed E-state index contributed by atoms with van der Waals surface area (Å²) in [6, 6.07) is 23.0. The third-order valence-corrected chi connectivity index (χ3v) is 5.72. The quantitative estimate of drug-likeness (QED) is 0.446. The summed E-state index contributed by atoms with van der Waals surface area (Å²) in [7, 11) is 1.97. The van der Waals surface area contributed by atoms with Crippen molar-refractivity contribution >= 4 is 16.9 Å². The first-order chi connectivity index (χ1) is 16.0. The SMILES string of the molecule is Cc1cc(C)n(-c2ccc(C(=O)NC(c3ccccc3)c3nc4ccccc4n3C)cn2)n1. The van der Waals surface area contributed by atoms with Crippen molar-refractivity contribution in [2.24, 2.45) is 7.05 Å². The van der Waals surface area contributed by atoms with E-state index in [0.717, 1.165) is 33.8 Å². The zero-order valence-electron chi connectivity index (χ0n) is 18.7. The molecule has 3 heterocycles. The molecule has 0 radical (unpaired) electrons. The lowest BCUT2D eigenvalue weighted by Gasteiger charge is -2.19. The highest BCUT2D eigenvalue weighted by atomic mass is 16.1. The molecular weight excluding hydrogens is 412 g/mol. The molecule has 0 aliphatic rings. The van der Waals surface area contributed by atoms with Gasteiger partial charge in [-0.2, -0.15) is 5.10 Å². The molecule has 2 aromatic carbocycles. The molecule has 3 aromatic heterocycles. The van der Waals surface area contributed by atoms with Crippen molar-refractivity contribution in [2.45, 2.75) is 19.9 Å². The van der Waals surface area contributed by atoms with Gasteiger partial charge in [-0.1, -0.05) is 42.5 Å². The van der Waals surface area contributed by atoms with Crippen LogP contribution in [0.25, 0.3) is 16.9 Å². The van der Waals surface area contributed by atoms with Crippen LogP contribution in [0.5, 0.6) is 0 Å². The lowest BCUT2D eigenvalue weighted by atomic mass is 10.1. The van der Waals surface area contributed by atoms with Crippen LogP contribution in [0.4, 0.5) is 0 Å². The largest absolute Gasteiger partial charge is 0.338 e. The van der Waals surface area contributed by atoms with Gasteiger partial charge < -0.3 is 9.88 Å². The number of rotatable bonds is 5. The summed E-state index contributed by atoms with van der Waals surface area (Å²) in [6.45, 7) is 3.92. The molecule has 33 heavy (non-hydrogen) atoms. The summed E-state index contributed by atoms with van der Waals surface area (Å²) in [5.41, 5.74) is 5.24. The van der Waals surface area contributed by atoms with E-state index < -0.39 is 6.04 Å². The lowest BCUT2D eigenvalue weighted by molar-refractivity contribution is 0.0941. The molecule has 0 fully saturated rings. The Morgan fingerprint density at radius 2 is 1.73 bits per heavy atom. The van der Waals surface area contributed by atoms with Crippen LogP contribution in [0.3, 0.4) is 0 Å². The third kappa shape index (κ3) is 3.89. The molecule has 164 valence electrons. The topological polar surface area (TPSA) is 77.6 Å². The average molecular weight is 437 g/mol. The smallest absolute Gasteiger partial charge is 0.253 e. The normalized spacial score (nSPS) is 12.1. The monoisotopic (exact) mass is 436 g/mol.